The maximum absolute atomic E-state index is 14.7. The van der Waals surface area contributed by atoms with Gasteiger partial charge < -0.3 is 9.97 Å². The molecule has 0 fully saturated rings. The number of benzene rings is 4. The van der Waals surface area contributed by atoms with Gasteiger partial charge in [-0.15, -0.1) is 0 Å². The monoisotopic (exact) mass is 1370 g/mol. The minimum absolute atomic E-state index is 0.373. The zero-order chi connectivity index (χ0) is 65.8. The number of hydrogen-bond donors (Lipinski definition) is 2. The summed E-state index contributed by atoms with van der Waals surface area (Å²) in [6, 6.07) is 7.35. The van der Waals surface area contributed by atoms with E-state index in [2.05, 4.69) is 19.9 Å². The summed E-state index contributed by atoms with van der Waals surface area (Å²) in [4.78, 5) is 28.6. The molecule has 2 N–H and O–H groups in total. The highest BCUT2D eigenvalue weighted by atomic mass is 32.2. The summed E-state index contributed by atoms with van der Waals surface area (Å²) in [5.41, 5.74) is -3.89. The predicted molar refractivity (Wildman–Crippen MR) is 323 cm³/mol. The van der Waals surface area contributed by atoms with Crippen molar-refractivity contribution in [3.8, 4) is 45.6 Å². The average molecular weight is 1370 g/mol. The third-order valence-corrected chi connectivity index (χ3v) is 28.7. The topological polar surface area (TPSA) is 408 Å². The normalized spacial score (nSPS) is 14.1. The Morgan fingerprint density at radius 3 is 0.750 bits per heavy atom. The summed E-state index contributed by atoms with van der Waals surface area (Å²) in [5.74, 6) is -2.50. The Kier molecular flexibility index (Phi) is 16.2. The summed E-state index contributed by atoms with van der Waals surface area (Å²) in [7, 11) is -19.3. The minimum atomic E-state index is -4.83. The van der Waals surface area contributed by atoms with Gasteiger partial charge in [-0.25, -0.2) is 132 Å². The van der Waals surface area contributed by atoms with Crippen LogP contribution in [0.3, 0.4) is 0 Å². The van der Waals surface area contributed by atoms with Crippen LogP contribution in [-0.4, -0.2) is 254 Å². The van der Waals surface area contributed by atoms with Crippen molar-refractivity contribution in [3.63, 3.8) is 0 Å². The second kappa shape index (κ2) is 21.6. The fourth-order valence-corrected chi connectivity index (χ4v) is 17.7. The third kappa shape index (κ3) is 10.4. The zero-order valence-corrected chi connectivity index (χ0v) is 56.2. The smallest absolute Gasteiger partial charge is 0.243 e. The van der Waals surface area contributed by atoms with Crippen molar-refractivity contribution in [1.82, 2.24) is 74.3 Å². The van der Waals surface area contributed by atoms with Crippen molar-refractivity contribution in [3.05, 3.63) is 48.5 Å². The molecule has 7 aromatic rings. The van der Waals surface area contributed by atoms with Gasteiger partial charge in [-0.05, 0) is 48.5 Å². The van der Waals surface area contributed by atoms with Crippen LogP contribution < -0.4 is 0 Å². The molecule has 0 saturated carbocycles. The van der Waals surface area contributed by atoms with Crippen LogP contribution in [0.1, 0.15) is 0 Å². The second-order valence-corrected chi connectivity index (χ2v) is 38.4. The molecule has 2 aliphatic heterocycles. The van der Waals surface area contributed by atoms with Crippen LogP contribution in [0.15, 0.2) is 87.7 Å². The van der Waals surface area contributed by atoms with Gasteiger partial charge in [0.25, 0.3) is 0 Å². The van der Waals surface area contributed by atoms with Gasteiger partial charge in [0, 0.05) is 145 Å². The first-order chi connectivity index (χ1) is 40.3. The highest BCUT2D eigenvalue weighted by Gasteiger charge is 2.39. The number of rotatable bonds is 16. The molecule has 474 valence electrons. The Morgan fingerprint density at radius 1 is 0.261 bits per heavy atom. The highest BCUT2D eigenvalue weighted by molar-refractivity contribution is 7.91. The van der Waals surface area contributed by atoms with E-state index >= 15 is 0 Å². The van der Waals surface area contributed by atoms with Crippen LogP contribution in [0.5, 0.6) is 0 Å². The van der Waals surface area contributed by atoms with Crippen LogP contribution in [-0.2, 0) is 80.2 Å². The fourth-order valence-electron chi connectivity index (χ4n) is 9.09. The maximum atomic E-state index is 14.7. The molecular weight excluding hydrogens is 1310 g/mol. The maximum Gasteiger partial charge on any atom is 0.243 e. The van der Waals surface area contributed by atoms with E-state index in [1.54, 1.807) is 0 Å². The molecule has 0 unspecified atom stereocenters. The first-order valence-electron chi connectivity index (χ1n) is 25.2. The van der Waals surface area contributed by atoms with E-state index in [0.29, 0.717) is 0 Å². The van der Waals surface area contributed by atoms with E-state index in [9.17, 15) is 67.3 Å². The number of aromatic nitrogens is 8. The summed E-state index contributed by atoms with van der Waals surface area (Å²) in [6.45, 7) is 0. The molecule has 5 heterocycles. The lowest BCUT2D eigenvalue weighted by Gasteiger charge is -2.18. The molecule has 0 saturated heterocycles. The van der Waals surface area contributed by atoms with Crippen LogP contribution in [0, 0.1) is 0 Å². The van der Waals surface area contributed by atoms with E-state index in [1.165, 1.54) is 56.4 Å². The number of hydrogen-bond acceptors (Lipinski definition) is 22. The van der Waals surface area contributed by atoms with Crippen molar-refractivity contribution >= 4 is 124 Å². The summed E-state index contributed by atoms with van der Waals surface area (Å²) in [5, 5.41) is -1.63. The summed E-state index contributed by atoms with van der Waals surface area (Å²) < 4.78 is 238. The Hall–Kier alpha value is -6.48. The van der Waals surface area contributed by atoms with E-state index in [1.807, 2.05) is 0 Å². The van der Waals surface area contributed by atoms with E-state index in [4.69, 9.17) is 19.9 Å². The first kappa shape index (κ1) is 66.0. The second-order valence-electron chi connectivity index (χ2n) is 21.3. The Labute approximate surface area is 508 Å². The Morgan fingerprint density at radius 2 is 0.489 bits per heavy atom. The largest absolute Gasteiger partial charge is 0.324 e. The minimum Gasteiger partial charge on any atom is -0.324 e. The lowest BCUT2D eigenvalue weighted by Crippen LogP contribution is -2.25. The van der Waals surface area contributed by atoms with Gasteiger partial charge in [0.15, 0.2) is 23.3 Å². The standard InChI is InChI=1S/C48H58N16O16S8/c1-57(2)81(65,66)25-17-29-37(33(21-25)85(73,74)61(9)10)45-51-41(29)49-42-30-18-26(82(67,68)58(3)4)22-34(86(75,76)62(11)12)38(30)47(52-42)56-48-40-32(20-28(84(71,72)60(7)8)24-36(40)88(79,80)64(15)16)44(54-48)50-43-31-19-27(83(69,70)59(5)6)23-35(87(77,78)63(13)14)39(31)46(53-43)55-45/h17-24H,1-16H3,(H2,49,50,51,52,53,54,55,56). The van der Waals surface area contributed by atoms with E-state index < -0.39 is 198 Å². The van der Waals surface area contributed by atoms with Gasteiger partial charge in [-0.1, -0.05) is 0 Å². The van der Waals surface area contributed by atoms with Gasteiger partial charge in [0.05, 0.1) is 50.3 Å². The van der Waals surface area contributed by atoms with Crippen molar-refractivity contribution in [2.24, 2.45) is 0 Å². The summed E-state index contributed by atoms with van der Waals surface area (Å²) >= 11 is 0. The average Bonchev–Trinajstić information content (AvgIpc) is 1.75. The number of nitrogens with one attached hydrogen (secondary N) is 2. The van der Waals surface area contributed by atoms with Crippen LogP contribution >= 0.6 is 0 Å². The number of nitrogens with zero attached hydrogens (tertiary/aromatic N) is 14. The molecule has 0 aliphatic carbocycles. The molecule has 0 spiro atoms. The van der Waals surface area contributed by atoms with E-state index in [0.717, 1.165) is 139 Å². The molecule has 2 aliphatic rings. The molecule has 0 atom stereocenters. The van der Waals surface area contributed by atoms with Gasteiger partial charge in [0.2, 0.25) is 80.2 Å². The highest BCUT2D eigenvalue weighted by Crippen LogP contribution is 2.46. The molecule has 3 aromatic heterocycles. The van der Waals surface area contributed by atoms with Gasteiger partial charge >= 0.3 is 0 Å². The van der Waals surface area contributed by atoms with Crippen molar-refractivity contribution < 1.29 is 67.3 Å². The van der Waals surface area contributed by atoms with Crippen LogP contribution in [0.25, 0.3) is 89.7 Å². The molecule has 9 rings (SSSR count). The van der Waals surface area contributed by atoms with Crippen molar-refractivity contribution in [1.29, 1.82) is 0 Å². The number of fused-ring (bicyclic) bond motifs is 20. The van der Waals surface area contributed by atoms with Crippen LogP contribution in [0.2, 0.25) is 0 Å². The fraction of sp³-hybridized carbons (Fsp3) is 0.333. The lowest BCUT2D eigenvalue weighted by molar-refractivity contribution is 0.516. The summed E-state index contributed by atoms with van der Waals surface area (Å²) in [6.07, 6.45) is 0. The molecule has 8 bridgehead atoms. The first-order valence-corrected chi connectivity index (χ1v) is 36.7. The lowest BCUT2D eigenvalue weighted by atomic mass is 10.1. The quantitative estimate of drug-likeness (QED) is 0.135. The number of H-pyrrole nitrogens is 2. The predicted octanol–water partition coefficient (Wildman–Crippen LogP) is 0.872. The van der Waals surface area contributed by atoms with Gasteiger partial charge in [-0.2, -0.15) is 0 Å². The molecule has 4 aromatic carbocycles. The molecule has 32 nitrogen and oxygen atoms in total. The van der Waals surface area contributed by atoms with Gasteiger partial charge in [0.1, 0.15) is 22.6 Å². The van der Waals surface area contributed by atoms with Crippen LogP contribution in [0.4, 0.5) is 0 Å². The number of sulfonamides is 8. The van der Waals surface area contributed by atoms with Gasteiger partial charge in [-0.3, -0.25) is 0 Å². The Bertz CT molecular complexity index is 5050. The van der Waals surface area contributed by atoms with Crippen molar-refractivity contribution in [2.45, 2.75) is 39.2 Å². The molecule has 0 amide bonds. The zero-order valence-electron chi connectivity index (χ0n) is 49.7. The molecule has 0 radical (unpaired) electrons. The Balaban J connectivity index is 1.71. The molecule has 88 heavy (non-hydrogen) atoms. The van der Waals surface area contributed by atoms with Crippen molar-refractivity contribution in [2.75, 3.05) is 113 Å². The molecule has 40 heteroatoms. The van der Waals surface area contributed by atoms with E-state index in [-0.39, 0.29) is 10.8 Å². The third-order valence-electron chi connectivity index (χ3n) is 14.1. The SMILES string of the molecule is CN(C)S(=O)(=O)c1cc2c(c(S(=O)(=O)N(C)C)c1)-c1nc-2nc2[nH]c(nc3nc(nc4[nH]c(n1)c1c(S(=O)(=O)N(C)C)cc(S(=O)(=O)N(C)C)cc41)-c1cc(S(=O)(=O)N(C)C)cc(S(=O)(=O)N(C)C)c1-3)c1c(S(=O)(=O)N(C)C)cc(S(=O)(=O)N(C)C)cc21. The number of aromatic amines is 2. The molecular formula is C48H58N16O16S8.